The summed E-state index contributed by atoms with van der Waals surface area (Å²) < 4.78 is 23.4. The van der Waals surface area contributed by atoms with Gasteiger partial charge in [0.15, 0.2) is 11.6 Å². The number of ketones is 2. The minimum absolute atomic E-state index is 0.0139. The van der Waals surface area contributed by atoms with E-state index in [1.54, 1.807) is 44.2 Å². The SMILES string of the molecule is CCCc1c(OCCCOc2ccc3c(c2CCC)O[C@@](C)(C=CC(=O)OCC)CC3=O)ccc(C(C)=O)c1O. The lowest BCUT2D eigenvalue weighted by molar-refractivity contribution is -0.137. The van der Waals surface area contributed by atoms with Gasteiger partial charge in [-0.1, -0.05) is 26.7 Å². The van der Waals surface area contributed by atoms with E-state index in [1.165, 1.54) is 13.0 Å². The molecule has 1 N–H and O–H groups in total. The number of ether oxygens (including phenoxy) is 4. The van der Waals surface area contributed by atoms with Crippen molar-refractivity contribution in [2.24, 2.45) is 0 Å². The van der Waals surface area contributed by atoms with Crippen LogP contribution in [0.4, 0.5) is 0 Å². The van der Waals surface area contributed by atoms with Crippen molar-refractivity contribution in [3.63, 3.8) is 0 Å². The lowest BCUT2D eigenvalue weighted by atomic mass is 9.89. The normalized spacial score (nSPS) is 16.4. The molecule has 1 heterocycles. The van der Waals surface area contributed by atoms with Crippen molar-refractivity contribution >= 4 is 17.5 Å². The van der Waals surface area contributed by atoms with E-state index in [2.05, 4.69) is 0 Å². The number of benzene rings is 2. The van der Waals surface area contributed by atoms with Gasteiger partial charge in [-0.15, -0.1) is 0 Å². The van der Waals surface area contributed by atoms with Crippen LogP contribution in [0.25, 0.3) is 0 Å². The highest BCUT2D eigenvalue weighted by Gasteiger charge is 2.37. The van der Waals surface area contributed by atoms with Crippen LogP contribution in [0, 0.1) is 0 Å². The molecule has 0 spiro atoms. The molecular weight excluding hydrogens is 512 g/mol. The van der Waals surface area contributed by atoms with Gasteiger partial charge < -0.3 is 24.1 Å². The number of phenols is 1. The summed E-state index contributed by atoms with van der Waals surface area (Å²) in [5.74, 6) is 0.952. The molecule has 8 nitrogen and oxygen atoms in total. The topological polar surface area (TPSA) is 108 Å². The first kappa shape index (κ1) is 30.7. The molecule has 3 rings (SSSR count). The molecule has 1 atom stereocenters. The second kappa shape index (κ2) is 14.0. The number of aromatic hydroxyl groups is 1. The molecule has 2 aromatic rings. The van der Waals surface area contributed by atoms with E-state index in [0.717, 1.165) is 18.4 Å². The maximum atomic E-state index is 13.0. The third-order valence-electron chi connectivity index (χ3n) is 6.65. The molecule has 2 aromatic carbocycles. The van der Waals surface area contributed by atoms with Gasteiger partial charge >= 0.3 is 5.97 Å². The van der Waals surface area contributed by atoms with E-state index in [4.69, 9.17) is 18.9 Å². The van der Waals surface area contributed by atoms with Gasteiger partial charge in [0.2, 0.25) is 0 Å². The Kier molecular flexibility index (Phi) is 10.8. The quantitative estimate of drug-likeness (QED) is 0.128. The minimum atomic E-state index is -0.981. The van der Waals surface area contributed by atoms with Crippen LogP contribution in [0.15, 0.2) is 36.4 Å². The smallest absolute Gasteiger partial charge is 0.330 e. The molecule has 0 saturated carbocycles. The molecule has 0 unspecified atom stereocenters. The van der Waals surface area contributed by atoms with Gasteiger partial charge in [-0.05, 0) is 64.0 Å². The van der Waals surface area contributed by atoms with E-state index >= 15 is 0 Å². The van der Waals surface area contributed by atoms with Crippen LogP contribution in [0.5, 0.6) is 23.0 Å². The molecule has 0 aliphatic carbocycles. The number of carbonyl (C=O) groups is 3. The fourth-order valence-corrected chi connectivity index (χ4v) is 4.73. The highest BCUT2D eigenvalue weighted by Crippen LogP contribution is 2.41. The largest absolute Gasteiger partial charge is 0.507 e. The zero-order valence-electron chi connectivity index (χ0n) is 24.1. The van der Waals surface area contributed by atoms with Crippen LogP contribution in [0.3, 0.4) is 0 Å². The molecule has 0 saturated heterocycles. The Labute approximate surface area is 236 Å². The van der Waals surface area contributed by atoms with Crippen LogP contribution in [0.1, 0.15) is 92.1 Å². The number of fused-ring (bicyclic) bond motifs is 1. The van der Waals surface area contributed by atoms with Crippen molar-refractivity contribution in [1.29, 1.82) is 0 Å². The Balaban J connectivity index is 1.71. The third kappa shape index (κ3) is 7.43. The molecule has 0 aromatic heterocycles. The average Bonchev–Trinajstić information content (AvgIpc) is 2.90. The summed E-state index contributed by atoms with van der Waals surface area (Å²) >= 11 is 0. The molecule has 0 amide bonds. The first-order valence-electron chi connectivity index (χ1n) is 14.0. The highest BCUT2D eigenvalue weighted by atomic mass is 16.5. The van der Waals surface area contributed by atoms with Crippen molar-refractivity contribution in [3.8, 4) is 23.0 Å². The standard InChI is InChI=1S/C32H40O8/c1-6-10-24-27(14-12-22(21(4)33)30(24)36)38-18-9-19-39-28-15-13-23-26(34)20-32(5,17-16-29(35)37-8-3)40-31(23)25(28)11-7-2/h12-17,36H,6-11,18-20H2,1-5H3/t32-/m0/s1. The Morgan fingerprint density at radius 3 is 2.25 bits per heavy atom. The van der Waals surface area contributed by atoms with Gasteiger partial charge in [0, 0.05) is 23.6 Å². The lowest BCUT2D eigenvalue weighted by Gasteiger charge is -2.34. The van der Waals surface area contributed by atoms with E-state index in [9.17, 15) is 19.5 Å². The van der Waals surface area contributed by atoms with Gasteiger partial charge in [0.05, 0.1) is 37.4 Å². The lowest BCUT2D eigenvalue weighted by Crippen LogP contribution is -2.38. The molecular formula is C32H40O8. The Bertz CT molecular complexity index is 1260. The van der Waals surface area contributed by atoms with Crippen molar-refractivity contribution in [2.75, 3.05) is 19.8 Å². The molecule has 40 heavy (non-hydrogen) atoms. The van der Waals surface area contributed by atoms with E-state index in [0.29, 0.717) is 66.4 Å². The summed E-state index contributed by atoms with van der Waals surface area (Å²) in [4.78, 5) is 36.7. The number of rotatable bonds is 14. The molecule has 0 fully saturated rings. The molecule has 0 bridgehead atoms. The second-order valence-electron chi connectivity index (χ2n) is 10.1. The molecule has 1 aliphatic rings. The third-order valence-corrected chi connectivity index (χ3v) is 6.65. The van der Waals surface area contributed by atoms with E-state index < -0.39 is 11.6 Å². The average molecular weight is 553 g/mol. The first-order chi connectivity index (χ1) is 19.1. The molecule has 1 aliphatic heterocycles. The highest BCUT2D eigenvalue weighted by molar-refractivity contribution is 6.01. The van der Waals surface area contributed by atoms with Gasteiger partial charge in [0.1, 0.15) is 28.6 Å². The van der Waals surface area contributed by atoms with Crippen LogP contribution >= 0.6 is 0 Å². The second-order valence-corrected chi connectivity index (χ2v) is 10.1. The van der Waals surface area contributed by atoms with Crippen LogP contribution in [0.2, 0.25) is 0 Å². The van der Waals surface area contributed by atoms with Crippen LogP contribution in [-0.2, 0) is 22.4 Å². The summed E-state index contributed by atoms with van der Waals surface area (Å²) in [6, 6.07) is 6.85. The summed E-state index contributed by atoms with van der Waals surface area (Å²) in [7, 11) is 0. The molecule has 216 valence electrons. The monoisotopic (exact) mass is 552 g/mol. The predicted octanol–water partition coefficient (Wildman–Crippen LogP) is 6.19. The maximum Gasteiger partial charge on any atom is 0.330 e. The zero-order valence-corrected chi connectivity index (χ0v) is 24.1. The van der Waals surface area contributed by atoms with Crippen molar-refractivity contribution in [1.82, 2.24) is 0 Å². The minimum Gasteiger partial charge on any atom is -0.507 e. The number of carbonyl (C=O) groups excluding carboxylic acids is 3. The number of hydrogen-bond acceptors (Lipinski definition) is 8. The molecule has 0 radical (unpaired) electrons. The maximum absolute atomic E-state index is 13.0. The van der Waals surface area contributed by atoms with Crippen molar-refractivity contribution < 1.29 is 38.4 Å². The fourth-order valence-electron chi connectivity index (χ4n) is 4.73. The van der Waals surface area contributed by atoms with E-state index in [1.807, 2.05) is 13.8 Å². The predicted molar refractivity (Wildman–Crippen MR) is 152 cm³/mol. The van der Waals surface area contributed by atoms with Crippen LogP contribution < -0.4 is 14.2 Å². The van der Waals surface area contributed by atoms with Crippen molar-refractivity contribution in [3.05, 3.63) is 58.7 Å². The summed E-state index contributed by atoms with van der Waals surface area (Å²) in [6.07, 6.45) is 6.45. The van der Waals surface area contributed by atoms with Gasteiger partial charge in [-0.25, -0.2) is 4.79 Å². The summed E-state index contributed by atoms with van der Waals surface area (Å²) in [5.41, 5.74) is 1.28. The number of esters is 1. The molecule has 8 heteroatoms. The summed E-state index contributed by atoms with van der Waals surface area (Å²) in [6.45, 7) is 9.97. The van der Waals surface area contributed by atoms with Gasteiger partial charge in [-0.3, -0.25) is 9.59 Å². The first-order valence-corrected chi connectivity index (χ1v) is 14.0. The Morgan fingerprint density at radius 2 is 1.62 bits per heavy atom. The number of phenolic OH excluding ortho intramolecular Hbond substituents is 1. The van der Waals surface area contributed by atoms with Crippen molar-refractivity contribution in [2.45, 2.75) is 78.7 Å². The Hall–Kier alpha value is -3.81. The fraction of sp³-hybridized carbons (Fsp3) is 0.469. The summed E-state index contributed by atoms with van der Waals surface area (Å²) in [5, 5.41) is 10.6. The zero-order chi connectivity index (χ0) is 29.3. The van der Waals surface area contributed by atoms with Crippen LogP contribution in [-0.4, -0.2) is 48.1 Å². The number of Topliss-reactive ketones (excluding diaryl/α,β-unsaturated/α-hetero) is 2. The van der Waals surface area contributed by atoms with Gasteiger partial charge in [-0.2, -0.15) is 0 Å². The van der Waals surface area contributed by atoms with Gasteiger partial charge in [0.25, 0.3) is 0 Å². The van der Waals surface area contributed by atoms with E-state index in [-0.39, 0.29) is 30.3 Å². The Morgan fingerprint density at radius 1 is 1.00 bits per heavy atom. The number of hydrogen-bond donors (Lipinski definition) is 1.